The van der Waals surface area contributed by atoms with Crippen LogP contribution in [0.1, 0.15) is 20.3 Å². The molecule has 0 aromatic heterocycles. The molecule has 0 heterocycles. The van der Waals surface area contributed by atoms with Gasteiger partial charge in [0.15, 0.2) is 0 Å². The van der Waals surface area contributed by atoms with Gasteiger partial charge in [-0.3, -0.25) is 9.59 Å². The van der Waals surface area contributed by atoms with Gasteiger partial charge in [0.1, 0.15) is 18.8 Å². The number of alkyl halides is 1. The van der Waals surface area contributed by atoms with E-state index in [-0.39, 0.29) is 18.8 Å². The van der Waals surface area contributed by atoms with Gasteiger partial charge in [0.25, 0.3) is 0 Å². The molecule has 0 bridgehead atoms. The molecule has 3 nitrogen and oxygen atoms in total. The largest absolute Gasteiger partial charge is 0.461 e. The third-order valence-corrected chi connectivity index (χ3v) is 2.11. The van der Waals surface area contributed by atoms with E-state index in [9.17, 15) is 9.59 Å². The minimum Gasteiger partial charge on any atom is -0.461 e. The minimum absolute atomic E-state index is 0.140. The van der Waals surface area contributed by atoms with Crippen LogP contribution in [0.2, 0.25) is 0 Å². The molecule has 0 spiro atoms. The Balaban J connectivity index is 3.76. The number of hydrogen-bond donors (Lipinski definition) is 0. The molecule has 0 aliphatic carbocycles. The van der Waals surface area contributed by atoms with Crippen LogP contribution < -0.4 is 0 Å². The number of hydrogen-bond acceptors (Lipinski definition) is 3. The lowest BCUT2D eigenvalue weighted by Gasteiger charge is -2.04. The molecule has 13 heavy (non-hydrogen) atoms. The normalized spacial score (nSPS) is 11.2. The number of carbonyl (C=O) groups is 2. The number of ether oxygens (including phenoxy) is 1. The van der Waals surface area contributed by atoms with Crippen molar-refractivity contribution in [3.63, 3.8) is 0 Å². The highest BCUT2D eigenvalue weighted by atomic mass is 79.9. The molecule has 0 saturated heterocycles. The van der Waals surface area contributed by atoms with Crippen molar-refractivity contribution in [2.24, 2.45) is 0 Å². The molecule has 0 saturated carbocycles. The van der Waals surface area contributed by atoms with Crippen LogP contribution in [-0.2, 0) is 14.3 Å². The zero-order valence-corrected chi connectivity index (χ0v) is 9.39. The van der Waals surface area contributed by atoms with Gasteiger partial charge < -0.3 is 4.74 Å². The second-order valence-electron chi connectivity index (χ2n) is 2.62. The average Bonchev–Trinajstić information content (AvgIpc) is 2.05. The van der Waals surface area contributed by atoms with Crippen molar-refractivity contribution in [1.29, 1.82) is 0 Å². The summed E-state index contributed by atoms with van der Waals surface area (Å²) >= 11 is 3.25. The molecule has 0 fully saturated rings. The summed E-state index contributed by atoms with van der Waals surface area (Å²) in [6, 6.07) is 0. The molecule has 0 aromatic rings. The second kappa shape index (κ2) is 6.83. The first-order chi connectivity index (χ1) is 6.10. The summed E-state index contributed by atoms with van der Waals surface area (Å²) in [6.07, 6.45) is 1.73. The number of ketones is 1. The van der Waals surface area contributed by atoms with Crippen molar-refractivity contribution in [2.45, 2.75) is 20.3 Å². The van der Waals surface area contributed by atoms with Crippen LogP contribution >= 0.6 is 15.9 Å². The quantitative estimate of drug-likeness (QED) is 0.323. The number of halogens is 1. The number of esters is 1. The Hall–Kier alpha value is -0.640. The van der Waals surface area contributed by atoms with E-state index < -0.39 is 5.97 Å². The molecule has 0 radical (unpaired) electrons. The molecule has 4 heteroatoms. The highest BCUT2D eigenvalue weighted by Crippen LogP contribution is 2.01. The fourth-order valence-electron chi connectivity index (χ4n) is 0.627. The van der Waals surface area contributed by atoms with E-state index in [0.29, 0.717) is 5.33 Å². The van der Waals surface area contributed by atoms with Gasteiger partial charge in [-0.05, 0) is 19.4 Å². The maximum absolute atomic E-state index is 10.9. The van der Waals surface area contributed by atoms with Crippen molar-refractivity contribution >= 4 is 27.7 Å². The van der Waals surface area contributed by atoms with E-state index in [0.717, 1.165) is 5.57 Å². The highest BCUT2D eigenvalue weighted by molar-refractivity contribution is 9.09. The molecule has 0 atom stereocenters. The van der Waals surface area contributed by atoms with Crippen molar-refractivity contribution in [3.05, 3.63) is 11.6 Å². The molecule has 0 aliphatic rings. The molecule has 0 aromatic carbocycles. The molecule has 0 N–H and O–H groups in total. The lowest BCUT2D eigenvalue weighted by atomic mass is 10.3. The molecule has 0 rings (SSSR count). The van der Waals surface area contributed by atoms with Gasteiger partial charge >= 0.3 is 5.97 Å². The van der Waals surface area contributed by atoms with Gasteiger partial charge in [-0.1, -0.05) is 22.0 Å². The van der Waals surface area contributed by atoms with Crippen LogP contribution in [0.5, 0.6) is 0 Å². The van der Waals surface area contributed by atoms with Crippen molar-refractivity contribution < 1.29 is 14.3 Å². The topological polar surface area (TPSA) is 43.4 Å². The van der Waals surface area contributed by atoms with E-state index >= 15 is 0 Å². The molecule has 0 unspecified atom stereocenters. The Morgan fingerprint density at radius 2 is 2.08 bits per heavy atom. The number of carbonyl (C=O) groups excluding carboxylic acids is 2. The van der Waals surface area contributed by atoms with Gasteiger partial charge in [-0.25, -0.2) is 0 Å². The smallest absolute Gasteiger partial charge is 0.313 e. The monoisotopic (exact) mass is 248 g/mol. The maximum Gasteiger partial charge on any atom is 0.313 e. The van der Waals surface area contributed by atoms with Gasteiger partial charge in [-0.15, -0.1) is 0 Å². The standard InChI is InChI=1S/C9H13BrO3/c1-3-8(5-10)6-13-9(12)4-7(2)11/h3H,4-6H2,1-2H3/b8-3+. The number of rotatable bonds is 5. The Bertz CT molecular complexity index is 221. The molecular weight excluding hydrogens is 236 g/mol. The van der Waals surface area contributed by atoms with Crippen molar-refractivity contribution in [3.8, 4) is 0 Å². The zero-order valence-electron chi connectivity index (χ0n) is 7.80. The summed E-state index contributed by atoms with van der Waals surface area (Å²) in [7, 11) is 0. The second-order valence-corrected chi connectivity index (χ2v) is 3.18. The maximum atomic E-state index is 10.9. The van der Waals surface area contributed by atoms with Crippen LogP contribution in [-0.4, -0.2) is 23.7 Å². The summed E-state index contributed by atoms with van der Waals surface area (Å²) in [5.74, 6) is -0.640. The van der Waals surface area contributed by atoms with E-state index in [4.69, 9.17) is 4.74 Å². The number of Topliss-reactive ketones (excluding diaryl/α,β-unsaturated/α-hetero) is 1. The van der Waals surface area contributed by atoms with E-state index in [1.165, 1.54) is 6.92 Å². The summed E-state index contributed by atoms with van der Waals surface area (Å²) in [4.78, 5) is 21.4. The van der Waals surface area contributed by atoms with Crippen LogP contribution in [0.3, 0.4) is 0 Å². The summed E-state index contributed by atoms with van der Waals surface area (Å²) in [5.41, 5.74) is 0.983. The van der Waals surface area contributed by atoms with Gasteiger partial charge in [0.05, 0.1) is 0 Å². The third-order valence-electron chi connectivity index (χ3n) is 1.39. The van der Waals surface area contributed by atoms with Gasteiger partial charge in [0.2, 0.25) is 0 Å². The number of allylic oxidation sites excluding steroid dienone is 1. The third kappa shape index (κ3) is 6.51. The average molecular weight is 249 g/mol. The summed E-state index contributed by atoms with van der Waals surface area (Å²) in [5, 5.41) is 0.677. The summed E-state index contributed by atoms with van der Waals surface area (Å²) < 4.78 is 4.84. The first-order valence-corrected chi connectivity index (χ1v) is 5.07. The molecular formula is C9H13BrO3. The lowest BCUT2D eigenvalue weighted by Crippen LogP contribution is -2.11. The first kappa shape index (κ1) is 12.4. The Morgan fingerprint density at radius 3 is 2.46 bits per heavy atom. The van der Waals surface area contributed by atoms with Crippen molar-refractivity contribution in [1.82, 2.24) is 0 Å². The predicted octanol–water partition coefficient (Wildman–Crippen LogP) is 1.85. The highest BCUT2D eigenvalue weighted by Gasteiger charge is 2.06. The molecule has 0 aliphatic heterocycles. The van der Waals surface area contributed by atoms with Crippen LogP contribution in [0, 0.1) is 0 Å². The summed E-state index contributed by atoms with van der Waals surface area (Å²) in [6.45, 7) is 3.49. The van der Waals surface area contributed by atoms with Crippen LogP contribution in [0.15, 0.2) is 11.6 Å². The van der Waals surface area contributed by atoms with E-state index in [1.807, 2.05) is 13.0 Å². The Labute approximate surface area is 86.3 Å². The Kier molecular flexibility index (Phi) is 6.49. The van der Waals surface area contributed by atoms with Crippen LogP contribution in [0.25, 0.3) is 0 Å². The van der Waals surface area contributed by atoms with Gasteiger partial charge in [-0.2, -0.15) is 0 Å². The predicted molar refractivity (Wildman–Crippen MR) is 53.8 cm³/mol. The molecule has 0 amide bonds. The van der Waals surface area contributed by atoms with E-state index in [2.05, 4.69) is 15.9 Å². The minimum atomic E-state index is -0.465. The van der Waals surface area contributed by atoms with E-state index in [1.54, 1.807) is 0 Å². The SMILES string of the molecule is C/C=C(\CBr)COC(=O)CC(C)=O. The van der Waals surface area contributed by atoms with Crippen molar-refractivity contribution in [2.75, 3.05) is 11.9 Å². The first-order valence-electron chi connectivity index (χ1n) is 3.95. The van der Waals surface area contributed by atoms with Gasteiger partial charge in [0, 0.05) is 5.33 Å². The Morgan fingerprint density at radius 1 is 1.46 bits per heavy atom. The fourth-order valence-corrected chi connectivity index (χ4v) is 1.11. The fraction of sp³-hybridized carbons (Fsp3) is 0.556. The van der Waals surface area contributed by atoms with Crippen LogP contribution in [0.4, 0.5) is 0 Å². The zero-order chi connectivity index (χ0) is 10.3. The lowest BCUT2D eigenvalue weighted by molar-refractivity contribution is -0.144. The molecule has 74 valence electrons.